The van der Waals surface area contributed by atoms with Gasteiger partial charge in [0.25, 0.3) is 0 Å². The zero-order chi connectivity index (χ0) is 15.7. The van der Waals surface area contributed by atoms with Gasteiger partial charge in [-0.05, 0) is 49.8 Å². The van der Waals surface area contributed by atoms with Crippen LogP contribution in [0.25, 0.3) is 0 Å². The van der Waals surface area contributed by atoms with Crippen molar-refractivity contribution in [2.45, 2.75) is 51.9 Å². The van der Waals surface area contributed by atoms with Gasteiger partial charge in [0, 0.05) is 17.9 Å². The highest BCUT2D eigenvalue weighted by atomic mass is 16.5. The molecule has 1 heterocycles. The van der Waals surface area contributed by atoms with Crippen LogP contribution in [0.3, 0.4) is 0 Å². The van der Waals surface area contributed by atoms with Crippen molar-refractivity contribution in [2.75, 3.05) is 6.61 Å². The molecule has 3 rings (SSSR count). The van der Waals surface area contributed by atoms with Gasteiger partial charge in [-0.3, -0.25) is 0 Å². The average Bonchev–Trinajstić information content (AvgIpc) is 2.45. The molecule has 0 saturated heterocycles. The molecule has 22 heavy (non-hydrogen) atoms. The Balaban J connectivity index is 2.11. The van der Waals surface area contributed by atoms with Crippen LogP contribution >= 0.6 is 0 Å². The molecule has 2 nitrogen and oxygen atoms in total. The predicted molar refractivity (Wildman–Crippen MR) is 90.6 cm³/mol. The lowest BCUT2D eigenvalue weighted by atomic mass is 9.72. The molecule has 0 spiro atoms. The summed E-state index contributed by atoms with van der Waals surface area (Å²) in [4.78, 5) is 0. The molecule has 0 amide bonds. The maximum atomic E-state index is 10.7. The van der Waals surface area contributed by atoms with Crippen LogP contribution in [0.1, 0.15) is 56.6 Å². The molecule has 0 bridgehead atoms. The van der Waals surface area contributed by atoms with Crippen LogP contribution in [0.4, 0.5) is 0 Å². The summed E-state index contributed by atoms with van der Waals surface area (Å²) in [6.07, 6.45) is 7.52. The molecule has 0 saturated carbocycles. The van der Waals surface area contributed by atoms with E-state index in [2.05, 4.69) is 32.6 Å². The number of benzene rings is 1. The number of fused-ring (bicyclic) bond motifs is 3. The van der Waals surface area contributed by atoms with Crippen molar-refractivity contribution in [3.05, 3.63) is 47.1 Å². The van der Waals surface area contributed by atoms with E-state index in [1.165, 1.54) is 11.1 Å². The average molecular weight is 298 g/mol. The summed E-state index contributed by atoms with van der Waals surface area (Å²) >= 11 is 0. The Labute approximate surface area is 133 Å². The van der Waals surface area contributed by atoms with E-state index in [0.29, 0.717) is 18.3 Å². The van der Waals surface area contributed by atoms with Gasteiger partial charge in [-0.1, -0.05) is 37.1 Å². The topological polar surface area (TPSA) is 29.5 Å². The fraction of sp³-hybridized carbons (Fsp3) is 0.500. The molecule has 118 valence electrons. The third-order valence-corrected chi connectivity index (χ3v) is 5.00. The van der Waals surface area contributed by atoms with Crippen molar-refractivity contribution in [3.63, 3.8) is 0 Å². The molecule has 0 aromatic heterocycles. The Hall–Kier alpha value is -1.70. The number of ether oxygens (including phenoxy) is 1. The van der Waals surface area contributed by atoms with E-state index in [-0.39, 0.29) is 5.92 Å². The van der Waals surface area contributed by atoms with Crippen molar-refractivity contribution in [1.82, 2.24) is 0 Å². The second-order valence-electron chi connectivity index (χ2n) is 6.72. The van der Waals surface area contributed by atoms with Gasteiger partial charge in [0.15, 0.2) is 0 Å². The number of hydrogen-bond donors (Lipinski definition) is 1. The molecule has 2 aliphatic rings. The van der Waals surface area contributed by atoms with Crippen LogP contribution in [-0.2, 0) is 6.42 Å². The van der Waals surface area contributed by atoms with Crippen molar-refractivity contribution in [2.24, 2.45) is 5.92 Å². The second kappa shape index (κ2) is 6.20. The Kier molecular flexibility index (Phi) is 4.28. The van der Waals surface area contributed by atoms with Gasteiger partial charge in [-0.15, -0.1) is 0 Å². The molecule has 1 aliphatic carbocycles. The normalized spacial score (nSPS) is 24.5. The van der Waals surface area contributed by atoms with E-state index in [1.807, 2.05) is 6.07 Å². The summed E-state index contributed by atoms with van der Waals surface area (Å²) in [7, 11) is 0. The third-order valence-electron chi connectivity index (χ3n) is 5.00. The Bertz CT molecular complexity index is 612. The molecular weight excluding hydrogens is 272 g/mol. The minimum atomic E-state index is 0.201. The highest BCUT2D eigenvalue weighted by molar-refractivity contribution is 5.53. The first-order valence-corrected chi connectivity index (χ1v) is 8.43. The van der Waals surface area contributed by atoms with Gasteiger partial charge >= 0.3 is 0 Å². The number of hydrogen-bond acceptors (Lipinski definition) is 2. The second-order valence-corrected chi connectivity index (χ2v) is 6.72. The minimum Gasteiger partial charge on any atom is -0.507 e. The Morgan fingerprint density at radius 3 is 2.91 bits per heavy atom. The summed E-state index contributed by atoms with van der Waals surface area (Å²) < 4.78 is 6.00. The molecular formula is C20H26O2. The summed E-state index contributed by atoms with van der Waals surface area (Å²) in [6, 6.07) is 4.05. The standard InChI is InChI=1S/C20H26O2/c1-4-5-15-11-18(21)20-17-10-13(2)6-7-16(17)14(3)8-9-22-19(20)12-15/h10-12,16-17,21H,3-9H2,1-2H3/t16-,17+/m0/s1. The van der Waals surface area contributed by atoms with Gasteiger partial charge < -0.3 is 9.84 Å². The molecule has 1 aliphatic heterocycles. The Morgan fingerprint density at radius 2 is 2.14 bits per heavy atom. The summed E-state index contributed by atoms with van der Waals surface area (Å²) in [6.45, 7) is 9.28. The van der Waals surface area contributed by atoms with Crippen LogP contribution in [0.15, 0.2) is 35.9 Å². The smallest absolute Gasteiger partial charge is 0.127 e. The van der Waals surface area contributed by atoms with Crippen LogP contribution in [0, 0.1) is 5.92 Å². The molecule has 1 N–H and O–H groups in total. The maximum Gasteiger partial charge on any atom is 0.127 e. The van der Waals surface area contributed by atoms with E-state index < -0.39 is 0 Å². The first-order valence-electron chi connectivity index (χ1n) is 8.43. The van der Waals surface area contributed by atoms with Crippen LogP contribution in [-0.4, -0.2) is 11.7 Å². The fourth-order valence-corrected chi connectivity index (χ4v) is 3.84. The van der Waals surface area contributed by atoms with Gasteiger partial charge in [-0.2, -0.15) is 0 Å². The maximum absolute atomic E-state index is 10.7. The SMILES string of the molecule is C=C1CCOc2cc(CCC)cc(O)c2[C@@H]2C=C(C)CC[C@@H]12. The van der Waals surface area contributed by atoms with E-state index in [9.17, 15) is 5.11 Å². The molecule has 0 fully saturated rings. The quantitative estimate of drug-likeness (QED) is 0.768. The molecule has 2 heteroatoms. The third kappa shape index (κ3) is 2.79. The first kappa shape index (κ1) is 15.2. The zero-order valence-corrected chi connectivity index (χ0v) is 13.7. The van der Waals surface area contributed by atoms with E-state index in [4.69, 9.17) is 4.74 Å². The number of phenolic OH excluding ortho intramolecular Hbond substituents is 1. The van der Waals surface area contributed by atoms with Crippen molar-refractivity contribution >= 4 is 0 Å². The fourth-order valence-electron chi connectivity index (χ4n) is 3.84. The number of phenols is 1. The van der Waals surface area contributed by atoms with E-state index >= 15 is 0 Å². The summed E-state index contributed by atoms with van der Waals surface area (Å²) in [5, 5.41) is 10.7. The zero-order valence-electron chi connectivity index (χ0n) is 13.7. The minimum absolute atomic E-state index is 0.201. The number of rotatable bonds is 2. The number of aromatic hydroxyl groups is 1. The summed E-state index contributed by atoms with van der Waals surface area (Å²) in [5.74, 6) is 1.88. The van der Waals surface area contributed by atoms with E-state index in [0.717, 1.165) is 49.0 Å². The van der Waals surface area contributed by atoms with Crippen molar-refractivity contribution in [3.8, 4) is 11.5 Å². The lowest BCUT2D eigenvalue weighted by Crippen LogP contribution is -2.22. The van der Waals surface area contributed by atoms with Crippen molar-refractivity contribution in [1.29, 1.82) is 0 Å². The van der Waals surface area contributed by atoms with Gasteiger partial charge in [0.1, 0.15) is 11.5 Å². The lowest BCUT2D eigenvalue weighted by molar-refractivity contribution is 0.288. The summed E-state index contributed by atoms with van der Waals surface area (Å²) in [5.41, 5.74) is 4.78. The lowest BCUT2D eigenvalue weighted by Gasteiger charge is -2.35. The van der Waals surface area contributed by atoms with Crippen LogP contribution < -0.4 is 4.74 Å². The molecule has 0 unspecified atom stereocenters. The van der Waals surface area contributed by atoms with Crippen LogP contribution in [0.5, 0.6) is 11.5 Å². The number of allylic oxidation sites excluding steroid dienone is 2. The first-order chi connectivity index (χ1) is 10.6. The monoisotopic (exact) mass is 298 g/mol. The van der Waals surface area contributed by atoms with E-state index in [1.54, 1.807) is 0 Å². The van der Waals surface area contributed by atoms with Crippen LogP contribution in [0.2, 0.25) is 0 Å². The van der Waals surface area contributed by atoms with Gasteiger partial charge in [0.2, 0.25) is 0 Å². The molecule has 1 aromatic carbocycles. The van der Waals surface area contributed by atoms with Crippen molar-refractivity contribution < 1.29 is 9.84 Å². The van der Waals surface area contributed by atoms with Gasteiger partial charge in [-0.25, -0.2) is 0 Å². The highest BCUT2D eigenvalue weighted by Gasteiger charge is 2.32. The Morgan fingerprint density at radius 1 is 1.32 bits per heavy atom. The largest absolute Gasteiger partial charge is 0.507 e. The molecule has 0 radical (unpaired) electrons. The highest BCUT2D eigenvalue weighted by Crippen LogP contribution is 2.48. The molecule has 2 atom stereocenters. The van der Waals surface area contributed by atoms with Gasteiger partial charge in [0.05, 0.1) is 6.61 Å². The molecule has 1 aromatic rings. The number of aryl methyl sites for hydroxylation is 1. The predicted octanol–water partition coefficient (Wildman–Crippen LogP) is 5.12.